The van der Waals surface area contributed by atoms with Gasteiger partial charge in [-0.05, 0) is 19.1 Å². The van der Waals surface area contributed by atoms with Gasteiger partial charge in [0.25, 0.3) is 5.91 Å². The number of hydrogen-bond donors (Lipinski definition) is 2. The molecule has 0 aromatic carbocycles. The van der Waals surface area contributed by atoms with Crippen LogP contribution in [0, 0.1) is 0 Å². The van der Waals surface area contributed by atoms with Crippen LogP contribution in [0.4, 0.5) is 5.82 Å². The first-order valence-electron chi connectivity index (χ1n) is 4.99. The predicted molar refractivity (Wildman–Crippen MR) is 60.2 cm³/mol. The maximum atomic E-state index is 11.8. The number of likely N-dealkylation sites (N-methyl/N-ethyl adjacent to an activating group) is 1. The van der Waals surface area contributed by atoms with E-state index in [9.17, 15) is 4.79 Å². The van der Waals surface area contributed by atoms with Crippen molar-refractivity contribution < 1.29 is 9.90 Å². The highest BCUT2D eigenvalue weighted by atomic mass is 16.3. The summed E-state index contributed by atoms with van der Waals surface area (Å²) in [6.07, 6.45) is -0.557. The summed E-state index contributed by atoms with van der Waals surface area (Å²) in [5.41, 5.74) is 0.266. The molecule has 16 heavy (non-hydrogen) atoms. The van der Waals surface area contributed by atoms with Crippen LogP contribution in [-0.4, -0.2) is 52.9 Å². The van der Waals surface area contributed by atoms with Crippen LogP contribution >= 0.6 is 0 Å². The van der Waals surface area contributed by atoms with Gasteiger partial charge in [-0.1, -0.05) is 0 Å². The van der Waals surface area contributed by atoms with Crippen molar-refractivity contribution in [3.05, 3.63) is 17.8 Å². The van der Waals surface area contributed by atoms with E-state index in [0.717, 1.165) is 0 Å². The Morgan fingerprint density at radius 3 is 2.69 bits per heavy atom. The van der Waals surface area contributed by atoms with Crippen molar-refractivity contribution in [2.45, 2.75) is 13.0 Å². The second kappa shape index (κ2) is 5.41. The van der Waals surface area contributed by atoms with Crippen LogP contribution in [0.25, 0.3) is 0 Å². The molecule has 0 aliphatic rings. The number of rotatable bonds is 4. The number of amides is 1. The Balaban J connectivity index is 2.72. The molecule has 88 valence electrons. The molecule has 1 heterocycles. The fourth-order valence-corrected chi connectivity index (χ4v) is 1.25. The van der Waals surface area contributed by atoms with Crippen molar-refractivity contribution >= 4 is 11.7 Å². The number of anilines is 1. The van der Waals surface area contributed by atoms with Crippen molar-refractivity contribution in [3.63, 3.8) is 0 Å². The lowest BCUT2D eigenvalue weighted by molar-refractivity contribution is 0.0697. The molecule has 0 bridgehead atoms. The van der Waals surface area contributed by atoms with Crippen molar-refractivity contribution in [1.82, 2.24) is 15.1 Å². The second-order valence-corrected chi connectivity index (χ2v) is 3.59. The van der Waals surface area contributed by atoms with Crippen LogP contribution in [0.15, 0.2) is 12.1 Å². The Morgan fingerprint density at radius 2 is 2.25 bits per heavy atom. The third kappa shape index (κ3) is 3.16. The molecule has 0 saturated carbocycles. The number of carbonyl (C=O) groups is 1. The van der Waals surface area contributed by atoms with Crippen LogP contribution in [-0.2, 0) is 0 Å². The van der Waals surface area contributed by atoms with E-state index >= 15 is 0 Å². The summed E-state index contributed by atoms with van der Waals surface area (Å²) in [7, 11) is 3.34. The molecule has 0 aliphatic carbocycles. The molecule has 2 N–H and O–H groups in total. The van der Waals surface area contributed by atoms with E-state index in [1.54, 1.807) is 33.2 Å². The Morgan fingerprint density at radius 1 is 1.56 bits per heavy atom. The first kappa shape index (κ1) is 12.4. The average Bonchev–Trinajstić information content (AvgIpc) is 2.27. The first-order valence-corrected chi connectivity index (χ1v) is 4.99. The van der Waals surface area contributed by atoms with Gasteiger partial charge in [-0.15, -0.1) is 10.2 Å². The van der Waals surface area contributed by atoms with Gasteiger partial charge in [0.05, 0.1) is 6.10 Å². The van der Waals surface area contributed by atoms with E-state index in [2.05, 4.69) is 15.5 Å². The minimum absolute atomic E-state index is 0.254. The highest BCUT2D eigenvalue weighted by Gasteiger charge is 2.14. The van der Waals surface area contributed by atoms with Crippen molar-refractivity contribution in [1.29, 1.82) is 0 Å². The van der Waals surface area contributed by atoms with Gasteiger partial charge in [0.15, 0.2) is 5.69 Å². The molecule has 0 aliphatic heterocycles. The zero-order valence-electron chi connectivity index (χ0n) is 9.64. The minimum atomic E-state index is -0.557. The maximum absolute atomic E-state index is 11.8. The fraction of sp³-hybridized carbons (Fsp3) is 0.500. The van der Waals surface area contributed by atoms with Crippen molar-refractivity contribution in [3.8, 4) is 0 Å². The molecule has 1 aromatic rings. The number of nitrogens with one attached hydrogen (secondary N) is 1. The fourth-order valence-electron chi connectivity index (χ4n) is 1.25. The van der Waals surface area contributed by atoms with E-state index in [-0.39, 0.29) is 18.1 Å². The van der Waals surface area contributed by atoms with Crippen molar-refractivity contribution in [2.75, 3.05) is 26.0 Å². The summed E-state index contributed by atoms with van der Waals surface area (Å²) >= 11 is 0. The molecule has 0 fully saturated rings. The van der Waals surface area contributed by atoms with E-state index < -0.39 is 6.10 Å². The lowest BCUT2D eigenvalue weighted by atomic mass is 10.3. The van der Waals surface area contributed by atoms with Gasteiger partial charge >= 0.3 is 0 Å². The van der Waals surface area contributed by atoms with E-state index in [1.165, 1.54) is 4.90 Å². The summed E-state index contributed by atoms with van der Waals surface area (Å²) in [6, 6.07) is 3.27. The first-order chi connectivity index (χ1) is 7.54. The monoisotopic (exact) mass is 224 g/mol. The maximum Gasteiger partial charge on any atom is 0.274 e. The zero-order chi connectivity index (χ0) is 12.1. The average molecular weight is 224 g/mol. The van der Waals surface area contributed by atoms with Gasteiger partial charge in [-0.25, -0.2) is 0 Å². The highest BCUT2D eigenvalue weighted by Crippen LogP contribution is 2.03. The van der Waals surface area contributed by atoms with Crippen LogP contribution in [0.2, 0.25) is 0 Å². The Hall–Kier alpha value is -1.69. The quantitative estimate of drug-likeness (QED) is 0.751. The highest BCUT2D eigenvalue weighted by molar-refractivity contribution is 5.92. The lowest BCUT2D eigenvalue weighted by Gasteiger charge is -2.17. The zero-order valence-corrected chi connectivity index (χ0v) is 9.64. The third-order valence-electron chi connectivity index (χ3n) is 2.02. The van der Waals surface area contributed by atoms with Gasteiger partial charge in [0.1, 0.15) is 5.82 Å². The number of nitrogens with zero attached hydrogens (tertiary/aromatic N) is 3. The number of aliphatic hydroxyl groups excluding tert-OH is 1. The van der Waals surface area contributed by atoms with E-state index in [1.807, 2.05) is 0 Å². The van der Waals surface area contributed by atoms with Crippen LogP contribution in [0.5, 0.6) is 0 Å². The molecular formula is C10H16N4O2. The number of hydrogen-bond acceptors (Lipinski definition) is 5. The molecule has 0 saturated heterocycles. The molecule has 0 radical (unpaired) electrons. The Labute approximate surface area is 94.3 Å². The molecule has 1 amide bonds. The molecule has 1 unspecified atom stereocenters. The van der Waals surface area contributed by atoms with E-state index in [4.69, 9.17) is 5.11 Å². The van der Waals surface area contributed by atoms with Gasteiger partial charge in [-0.2, -0.15) is 0 Å². The molecule has 0 spiro atoms. The van der Waals surface area contributed by atoms with Gasteiger partial charge in [0.2, 0.25) is 0 Å². The number of aliphatic hydroxyl groups is 1. The van der Waals surface area contributed by atoms with Crippen LogP contribution in [0.3, 0.4) is 0 Å². The molecule has 1 rings (SSSR count). The number of aromatic nitrogens is 2. The van der Waals surface area contributed by atoms with Crippen molar-refractivity contribution in [2.24, 2.45) is 0 Å². The third-order valence-corrected chi connectivity index (χ3v) is 2.02. The predicted octanol–water partition coefficient (Wildman–Crippen LogP) is -0.0289. The minimum Gasteiger partial charge on any atom is -0.392 e. The topological polar surface area (TPSA) is 78.4 Å². The molecule has 6 nitrogen and oxygen atoms in total. The second-order valence-electron chi connectivity index (χ2n) is 3.59. The normalized spacial score (nSPS) is 12.0. The molecular weight excluding hydrogens is 208 g/mol. The number of carbonyl (C=O) groups excluding carboxylic acids is 1. The summed E-state index contributed by atoms with van der Waals surface area (Å²) in [5.74, 6) is 0.353. The summed E-state index contributed by atoms with van der Waals surface area (Å²) < 4.78 is 0. The standard InChI is InChI=1S/C10H16N4O2/c1-7(15)6-14(3)10(16)8-4-5-9(11-2)13-12-8/h4-5,7,15H,6H2,1-3H3,(H,11,13). The van der Waals surface area contributed by atoms with E-state index in [0.29, 0.717) is 5.82 Å². The SMILES string of the molecule is CNc1ccc(C(=O)N(C)CC(C)O)nn1. The molecule has 6 heteroatoms. The van der Waals surface area contributed by atoms with Gasteiger partial charge in [-0.3, -0.25) is 4.79 Å². The summed E-state index contributed by atoms with van der Waals surface area (Å²) in [5, 5.41) is 19.6. The largest absolute Gasteiger partial charge is 0.392 e. The van der Waals surface area contributed by atoms with Gasteiger partial charge < -0.3 is 15.3 Å². The lowest BCUT2D eigenvalue weighted by Crippen LogP contribution is -2.33. The van der Waals surface area contributed by atoms with Crippen LogP contribution < -0.4 is 5.32 Å². The smallest absolute Gasteiger partial charge is 0.274 e. The molecule has 1 aromatic heterocycles. The van der Waals surface area contributed by atoms with Gasteiger partial charge in [0, 0.05) is 20.6 Å². The molecule has 1 atom stereocenters. The Kier molecular flexibility index (Phi) is 4.19. The summed E-state index contributed by atoms with van der Waals surface area (Å²) in [4.78, 5) is 13.2. The summed E-state index contributed by atoms with van der Waals surface area (Å²) in [6.45, 7) is 1.90. The Bertz CT molecular complexity index is 350. The van der Waals surface area contributed by atoms with Crippen LogP contribution in [0.1, 0.15) is 17.4 Å².